The van der Waals surface area contributed by atoms with Crippen LogP contribution >= 0.6 is 23.5 Å². The largest absolute Gasteiger partial charge is 0.287 e. The number of carbonyl (C=O) groups excluding carboxylic acids is 1. The van der Waals surface area contributed by atoms with E-state index in [1.807, 2.05) is 18.0 Å². The SMILES string of the molecule is CCCCCSCCC(=O)SC. The first kappa shape index (κ1) is 12.4. The zero-order valence-corrected chi connectivity index (χ0v) is 9.60. The summed E-state index contributed by atoms with van der Waals surface area (Å²) in [5.41, 5.74) is 0. The van der Waals surface area contributed by atoms with Crippen LogP contribution in [-0.4, -0.2) is 22.9 Å². The maximum atomic E-state index is 10.9. The minimum Gasteiger partial charge on any atom is -0.287 e. The van der Waals surface area contributed by atoms with Gasteiger partial charge in [0.2, 0.25) is 0 Å². The van der Waals surface area contributed by atoms with Crippen LogP contribution in [0.4, 0.5) is 0 Å². The smallest absolute Gasteiger partial charge is 0.189 e. The molecule has 0 radical (unpaired) electrons. The van der Waals surface area contributed by atoms with Crippen molar-refractivity contribution in [3.05, 3.63) is 0 Å². The Morgan fingerprint density at radius 3 is 2.58 bits per heavy atom. The van der Waals surface area contributed by atoms with Gasteiger partial charge in [0.25, 0.3) is 0 Å². The summed E-state index contributed by atoms with van der Waals surface area (Å²) < 4.78 is 0. The lowest BCUT2D eigenvalue weighted by Crippen LogP contribution is -1.93. The third-order valence-corrected chi connectivity index (χ3v) is 3.30. The van der Waals surface area contributed by atoms with Crippen LogP contribution in [0, 0.1) is 0 Å². The molecule has 0 rings (SSSR count). The first-order valence-electron chi connectivity index (χ1n) is 4.45. The van der Waals surface area contributed by atoms with Crippen molar-refractivity contribution in [1.29, 1.82) is 0 Å². The lowest BCUT2D eigenvalue weighted by Gasteiger charge is -1.98. The molecule has 0 spiro atoms. The molecule has 0 aliphatic carbocycles. The van der Waals surface area contributed by atoms with Crippen LogP contribution in [0.2, 0.25) is 0 Å². The summed E-state index contributed by atoms with van der Waals surface area (Å²) in [5, 5.41) is 0.318. The van der Waals surface area contributed by atoms with Crippen LogP contribution in [0.25, 0.3) is 0 Å². The zero-order valence-electron chi connectivity index (χ0n) is 7.97. The van der Waals surface area contributed by atoms with Crippen molar-refractivity contribution in [2.75, 3.05) is 17.8 Å². The number of thioether (sulfide) groups is 2. The molecule has 0 N–H and O–H groups in total. The molecule has 1 nitrogen and oxygen atoms in total. The fourth-order valence-electron chi connectivity index (χ4n) is 0.814. The fraction of sp³-hybridized carbons (Fsp3) is 0.889. The van der Waals surface area contributed by atoms with E-state index in [-0.39, 0.29) is 0 Å². The van der Waals surface area contributed by atoms with Crippen LogP contribution < -0.4 is 0 Å². The molecular formula is C9H18OS2. The normalized spacial score (nSPS) is 10.2. The lowest BCUT2D eigenvalue weighted by atomic mass is 10.3. The van der Waals surface area contributed by atoms with E-state index in [1.54, 1.807) is 0 Å². The standard InChI is InChI=1S/C9H18OS2/c1-3-4-5-7-12-8-6-9(10)11-2/h3-8H2,1-2H3. The average molecular weight is 206 g/mol. The van der Waals surface area contributed by atoms with Crippen LogP contribution in [0.15, 0.2) is 0 Å². The van der Waals surface area contributed by atoms with E-state index in [0.29, 0.717) is 5.12 Å². The highest BCUT2D eigenvalue weighted by Gasteiger charge is 1.97. The molecule has 0 bridgehead atoms. The maximum Gasteiger partial charge on any atom is 0.189 e. The second-order valence-corrected chi connectivity index (χ2v) is 4.73. The van der Waals surface area contributed by atoms with Crippen molar-refractivity contribution < 1.29 is 4.79 Å². The first-order chi connectivity index (χ1) is 5.81. The minimum atomic E-state index is 0.318. The topological polar surface area (TPSA) is 17.1 Å². The lowest BCUT2D eigenvalue weighted by molar-refractivity contribution is -0.110. The molecule has 0 atom stereocenters. The van der Waals surface area contributed by atoms with Gasteiger partial charge in [-0.05, 0) is 18.4 Å². The highest BCUT2D eigenvalue weighted by Crippen LogP contribution is 2.10. The summed E-state index contributed by atoms with van der Waals surface area (Å²) in [6, 6.07) is 0. The Morgan fingerprint density at radius 2 is 2.00 bits per heavy atom. The second-order valence-electron chi connectivity index (χ2n) is 2.65. The molecule has 0 unspecified atom stereocenters. The Hall–Kier alpha value is 0.370. The van der Waals surface area contributed by atoms with Crippen molar-refractivity contribution in [1.82, 2.24) is 0 Å². The van der Waals surface area contributed by atoms with Crippen molar-refractivity contribution in [3.63, 3.8) is 0 Å². The third-order valence-electron chi connectivity index (χ3n) is 1.57. The highest BCUT2D eigenvalue weighted by molar-refractivity contribution is 8.13. The van der Waals surface area contributed by atoms with Crippen molar-refractivity contribution in [3.8, 4) is 0 Å². The Morgan fingerprint density at radius 1 is 1.25 bits per heavy atom. The molecule has 0 aromatic heterocycles. The summed E-state index contributed by atoms with van der Waals surface area (Å²) >= 11 is 3.24. The molecule has 0 aromatic rings. The van der Waals surface area contributed by atoms with Crippen LogP contribution in [-0.2, 0) is 4.79 Å². The van der Waals surface area contributed by atoms with Gasteiger partial charge < -0.3 is 0 Å². The minimum absolute atomic E-state index is 0.318. The van der Waals surface area contributed by atoms with E-state index >= 15 is 0 Å². The van der Waals surface area contributed by atoms with Crippen LogP contribution in [0.3, 0.4) is 0 Å². The monoisotopic (exact) mass is 206 g/mol. The number of hydrogen-bond acceptors (Lipinski definition) is 3. The summed E-state index contributed by atoms with van der Waals surface area (Å²) in [6.45, 7) is 2.21. The summed E-state index contributed by atoms with van der Waals surface area (Å²) in [7, 11) is 0. The van der Waals surface area contributed by atoms with Crippen molar-refractivity contribution in [2.45, 2.75) is 32.6 Å². The van der Waals surface area contributed by atoms with Gasteiger partial charge in [-0.2, -0.15) is 11.8 Å². The molecule has 0 aromatic carbocycles. The van der Waals surface area contributed by atoms with Crippen molar-refractivity contribution >= 4 is 28.6 Å². The Kier molecular flexibility index (Phi) is 9.75. The fourth-order valence-corrected chi connectivity index (χ4v) is 2.19. The Labute approximate surface area is 84.1 Å². The summed E-state index contributed by atoms with van der Waals surface area (Å²) in [4.78, 5) is 10.9. The van der Waals surface area contributed by atoms with E-state index in [9.17, 15) is 4.79 Å². The highest BCUT2D eigenvalue weighted by atomic mass is 32.2. The predicted octanol–water partition coefficient (Wildman–Crippen LogP) is 3.19. The summed E-state index contributed by atoms with van der Waals surface area (Å²) in [6.07, 6.45) is 6.49. The molecule has 0 saturated heterocycles. The number of carbonyl (C=O) groups is 1. The first-order valence-corrected chi connectivity index (χ1v) is 6.83. The summed E-state index contributed by atoms with van der Waals surface area (Å²) in [5.74, 6) is 2.22. The third kappa shape index (κ3) is 8.47. The number of unbranched alkanes of at least 4 members (excludes halogenated alkanes) is 2. The van der Waals surface area contributed by atoms with E-state index in [4.69, 9.17) is 0 Å². The van der Waals surface area contributed by atoms with Crippen LogP contribution in [0.5, 0.6) is 0 Å². The molecule has 0 aliphatic rings. The predicted molar refractivity (Wildman–Crippen MR) is 60.0 cm³/mol. The van der Waals surface area contributed by atoms with E-state index in [0.717, 1.165) is 12.2 Å². The van der Waals surface area contributed by atoms with E-state index in [1.165, 1.54) is 36.8 Å². The van der Waals surface area contributed by atoms with E-state index < -0.39 is 0 Å². The van der Waals surface area contributed by atoms with Crippen LogP contribution in [0.1, 0.15) is 32.6 Å². The van der Waals surface area contributed by atoms with Gasteiger partial charge in [-0.1, -0.05) is 31.5 Å². The van der Waals surface area contributed by atoms with Gasteiger partial charge in [0.05, 0.1) is 0 Å². The van der Waals surface area contributed by atoms with Gasteiger partial charge in [0.1, 0.15) is 0 Å². The van der Waals surface area contributed by atoms with Gasteiger partial charge >= 0.3 is 0 Å². The molecule has 0 fully saturated rings. The molecule has 72 valence electrons. The second kappa shape index (κ2) is 9.46. The Bertz CT molecular complexity index is 115. The molecule has 12 heavy (non-hydrogen) atoms. The molecule has 0 amide bonds. The van der Waals surface area contributed by atoms with Gasteiger partial charge in [-0.15, -0.1) is 0 Å². The van der Waals surface area contributed by atoms with Gasteiger partial charge in [-0.25, -0.2) is 0 Å². The zero-order chi connectivity index (χ0) is 9.23. The average Bonchev–Trinajstić information content (AvgIpc) is 2.10. The van der Waals surface area contributed by atoms with Gasteiger partial charge in [-0.3, -0.25) is 4.79 Å². The molecule has 0 saturated carbocycles. The molecule has 0 heterocycles. The molecule has 3 heteroatoms. The van der Waals surface area contributed by atoms with Crippen molar-refractivity contribution in [2.24, 2.45) is 0 Å². The quantitative estimate of drug-likeness (QED) is 0.596. The Balaban J connectivity index is 2.95. The number of rotatable bonds is 7. The number of hydrogen-bond donors (Lipinski definition) is 0. The molecule has 0 aliphatic heterocycles. The molecular weight excluding hydrogens is 188 g/mol. The van der Waals surface area contributed by atoms with E-state index in [2.05, 4.69) is 6.92 Å². The maximum absolute atomic E-state index is 10.9. The van der Waals surface area contributed by atoms with Gasteiger partial charge in [0.15, 0.2) is 5.12 Å². The van der Waals surface area contributed by atoms with Gasteiger partial charge in [0, 0.05) is 12.2 Å².